The van der Waals surface area contributed by atoms with Crippen LogP contribution in [-0.2, 0) is 6.42 Å². The molecule has 3 aromatic carbocycles. The van der Waals surface area contributed by atoms with Gasteiger partial charge in [0.05, 0.1) is 7.11 Å². The van der Waals surface area contributed by atoms with Gasteiger partial charge in [0.1, 0.15) is 18.1 Å². The smallest absolute Gasteiger partial charge is 0.119 e. The Morgan fingerprint density at radius 1 is 0.839 bits per heavy atom. The summed E-state index contributed by atoms with van der Waals surface area (Å²) in [4.78, 5) is 2.50. The fraction of sp³-hybridized carbons (Fsp3) is 0.333. The number of nitrogens with zero attached hydrogens (tertiary/aromatic N) is 1. The van der Waals surface area contributed by atoms with Crippen molar-refractivity contribution in [3.63, 3.8) is 0 Å². The van der Waals surface area contributed by atoms with Crippen molar-refractivity contribution in [3.8, 4) is 22.6 Å². The Labute approximate surface area is 190 Å². The fourth-order valence-electron chi connectivity index (χ4n) is 4.15. The molecule has 0 amide bonds. The van der Waals surface area contributed by atoms with Crippen LogP contribution in [0.15, 0.2) is 66.7 Å². The molecule has 0 radical (unpaired) electrons. The molecule has 0 unspecified atom stereocenters. The summed E-state index contributed by atoms with van der Waals surface area (Å²) in [5.74, 6) is 1.79. The molecule has 4 rings (SSSR count). The van der Waals surface area contributed by atoms with Gasteiger partial charge >= 0.3 is 0 Å². The summed E-state index contributed by atoms with van der Waals surface area (Å²) < 4.78 is 11.5. The van der Waals surface area contributed by atoms with Crippen molar-refractivity contribution in [3.05, 3.63) is 82.9 Å². The highest BCUT2D eigenvalue weighted by molar-refractivity contribution is 6.30. The number of hydrogen-bond acceptors (Lipinski definition) is 3. The molecule has 1 heterocycles. The number of benzene rings is 3. The molecule has 31 heavy (non-hydrogen) atoms. The maximum atomic E-state index is 6.05. The van der Waals surface area contributed by atoms with Crippen LogP contribution in [-0.4, -0.2) is 38.3 Å². The first-order valence-electron chi connectivity index (χ1n) is 11.1. The molecule has 0 spiro atoms. The summed E-state index contributed by atoms with van der Waals surface area (Å²) in [5, 5.41) is 0.755. The first-order valence-corrected chi connectivity index (χ1v) is 11.5. The predicted octanol–water partition coefficient (Wildman–Crippen LogP) is 6.47. The van der Waals surface area contributed by atoms with Crippen LogP contribution < -0.4 is 9.47 Å². The normalized spacial score (nSPS) is 14.4. The van der Waals surface area contributed by atoms with E-state index in [0.717, 1.165) is 36.1 Å². The van der Waals surface area contributed by atoms with Gasteiger partial charge < -0.3 is 9.47 Å². The molecule has 0 aromatic heterocycles. The Balaban J connectivity index is 1.45. The quantitative estimate of drug-likeness (QED) is 0.404. The first kappa shape index (κ1) is 21.7. The Morgan fingerprint density at radius 2 is 1.55 bits per heavy atom. The van der Waals surface area contributed by atoms with E-state index in [1.807, 2.05) is 18.2 Å². The summed E-state index contributed by atoms with van der Waals surface area (Å²) >= 11 is 6.05. The second-order valence-corrected chi connectivity index (χ2v) is 8.54. The summed E-state index contributed by atoms with van der Waals surface area (Å²) in [5.41, 5.74) is 4.82. The van der Waals surface area contributed by atoms with E-state index in [-0.39, 0.29) is 0 Å². The van der Waals surface area contributed by atoms with Gasteiger partial charge in [0.2, 0.25) is 0 Å². The van der Waals surface area contributed by atoms with Crippen molar-refractivity contribution in [2.45, 2.75) is 25.7 Å². The van der Waals surface area contributed by atoms with Crippen molar-refractivity contribution in [2.75, 3.05) is 33.4 Å². The third-order valence-corrected chi connectivity index (χ3v) is 6.16. The Hall–Kier alpha value is -2.49. The number of halogens is 1. The lowest BCUT2D eigenvalue weighted by Crippen LogP contribution is -2.33. The molecule has 4 heteroatoms. The number of ether oxygens (including phenoxy) is 2. The summed E-state index contributed by atoms with van der Waals surface area (Å²) in [7, 11) is 1.71. The van der Waals surface area contributed by atoms with Crippen LogP contribution in [0.5, 0.6) is 11.5 Å². The number of likely N-dealkylation sites (tertiary alicyclic amines) is 1. The largest absolute Gasteiger partial charge is 0.497 e. The van der Waals surface area contributed by atoms with E-state index in [0.29, 0.717) is 0 Å². The van der Waals surface area contributed by atoms with E-state index in [1.165, 1.54) is 54.6 Å². The number of methoxy groups -OCH3 is 1. The zero-order chi connectivity index (χ0) is 21.5. The van der Waals surface area contributed by atoms with Crippen molar-refractivity contribution < 1.29 is 9.47 Å². The summed E-state index contributed by atoms with van der Waals surface area (Å²) in [6.45, 7) is 4.15. The van der Waals surface area contributed by atoms with Gasteiger partial charge in [0, 0.05) is 11.6 Å². The molecule has 1 fully saturated rings. The van der Waals surface area contributed by atoms with Crippen LogP contribution in [0.1, 0.15) is 30.4 Å². The highest BCUT2D eigenvalue weighted by Crippen LogP contribution is 2.31. The number of hydrogen-bond donors (Lipinski definition) is 0. The molecule has 0 bridgehead atoms. The van der Waals surface area contributed by atoms with Crippen molar-refractivity contribution in [1.29, 1.82) is 0 Å². The lowest BCUT2D eigenvalue weighted by atomic mass is 9.94. The molecule has 1 aliphatic heterocycles. The van der Waals surface area contributed by atoms with Gasteiger partial charge in [-0.2, -0.15) is 0 Å². The second kappa shape index (κ2) is 10.7. The lowest BCUT2D eigenvalue weighted by Gasteiger charge is -2.26. The highest BCUT2D eigenvalue weighted by Gasteiger charge is 2.11. The Kier molecular flexibility index (Phi) is 7.50. The van der Waals surface area contributed by atoms with Gasteiger partial charge in [-0.15, -0.1) is 0 Å². The lowest BCUT2D eigenvalue weighted by molar-refractivity contribution is 0.183. The van der Waals surface area contributed by atoms with Crippen LogP contribution in [0.4, 0.5) is 0 Å². The van der Waals surface area contributed by atoms with Crippen LogP contribution in [0.25, 0.3) is 11.1 Å². The molecule has 0 atom stereocenters. The molecule has 1 aliphatic rings. The maximum Gasteiger partial charge on any atom is 0.119 e. The zero-order valence-corrected chi connectivity index (χ0v) is 18.9. The van der Waals surface area contributed by atoms with Crippen LogP contribution in [0.3, 0.4) is 0 Å². The van der Waals surface area contributed by atoms with Gasteiger partial charge in [-0.3, -0.25) is 4.90 Å². The molecular formula is C27H30ClNO2. The number of piperidine rings is 1. The SMILES string of the molecule is COc1ccc(-c2ccc(OCCN3CCCCC3)cc2)c(Cc2ccc(Cl)cc2)c1. The van der Waals surface area contributed by atoms with Gasteiger partial charge in [0.25, 0.3) is 0 Å². The Bertz CT molecular complexity index is 964. The van der Waals surface area contributed by atoms with Gasteiger partial charge in [0.15, 0.2) is 0 Å². The van der Waals surface area contributed by atoms with Gasteiger partial charge in [-0.05, 0) is 91.0 Å². The van der Waals surface area contributed by atoms with E-state index >= 15 is 0 Å². The zero-order valence-electron chi connectivity index (χ0n) is 18.1. The maximum absolute atomic E-state index is 6.05. The molecule has 0 N–H and O–H groups in total. The minimum atomic E-state index is 0.740. The van der Waals surface area contributed by atoms with Crippen LogP contribution >= 0.6 is 11.6 Å². The number of rotatable bonds is 8. The van der Waals surface area contributed by atoms with Crippen LogP contribution in [0.2, 0.25) is 5.02 Å². The fourth-order valence-corrected chi connectivity index (χ4v) is 4.28. The van der Waals surface area contributed by atoms with E-state index < -0.39 is 0 Å². The second-order valence-electron chi connectivity index (χ2n) is 8.10. The average Bonchev–Trinajstić information content (AvgIpc) is 2.82. The van der Waals surface area contributed by atoms with E-state index in [1.54, 1.807) is 7.11 Å². The predicted molar refractivity (Wildman–Crippen MR) is 128 cm³/mol. The summed E-state index contributed by atoms with van der Waals surface area (Å²) in [6.07, 6.45) is 4.81. The summed E-state index contributed by atoms with van der Waals surface area (Å²) in [6, 6.07) is 22.7. The van der Waals surface area contributed by atoms with Crippen molar-refractivity contribution >= 4 is 11.6 Å². The highest BCUT2D eigenvalue weighted by atomic mass is 35.5. The van der Waals surface area contributed by atoms with Crippen LogP contribution in [0, 0.1) is 0 Å². The van der Waals surface area contributed by atoms with Crippen molar-refractivity contribution in [1.82, 2.24) is 4.90 Å². The molecule has 0 saturated carbocycles. The monoisotopic (exact) mass is 435 g/mol. The van der Waals surface area contributed by atoms with E-state index in [2.05, 4.69) is 53.4 Å². The van der Waals surface area contributed by atoms with E-state index in [9.17, 15) is 0 Å². The first-order chi connectivity index (χ1) is 15.2. The standard InChI is InChI=1S/C27H30ClNO2/c1-30-26-13-14-27(23(20-26)19-21-5-9-24(28)10-6-21)22-7-11-25(12-8-22)31-18-17-29-15-3-2-4-16-29/h5-14,20H,2-4,15-19H2,1H3. The van der Waals surface area contributed by atoms with Crippen molar-refractivity contribution in [2.24, 2.45) is 0 Å². The molecule has 0 aliphatic carbocycles. The molecule has 162 valence electrons. The molecular weight excluding hydrogens is 406 g/mol. The topological polar surface area (TPSA) is 21.7 Å². The molecule has 3 aromatic rings. The Morgan fingerprint density at radius 3 is 2.26 bits per heavy atom. The minimum Gasteiger partial charge on any atom is -0.497 e. The van der Waals surface area contributed by atoms with Gasteiger partial charge in [-0.1, -0.05) is 48.4 Å². The van der Waals surface area contributed by atoms with E-state index in [4.69, 9.17) is 21.1 Å². The third-order valence-electron chi connectivity index (χ3n) is 5.91. The molecule has 1 saturated heterocycles. The van der Waals surface area contributed by atoms with Gasteiger partial charge in [-0.25, -0.2) is 0 Å². The molecule has 3 nitrogen and oxygen atoms in total. The average molecular weight is 436 g/mol. The minimum absolute atomic E-state index is 0.740. The third kappa shape index (κ3) is 6.03.